The Labute approximate surface area is 96.0 Å². The van der Waals surface area contributed by atoms with Crippen molar-refractivity contribution in [3.63, 3.8) is 0 Å². The van der Waals surface area contributed by atoms with E-state index >= 15 is 0 Å². The summed E-state index contributed by atoms with van der Waals surface area (Å²) in [5, 5.41) is 3.86. The Morgan fingerprint density at radius 2 is 1.86 bits per heavy atom. The molecule has 0 rings (SSSR count). The lowest BCUT2D eigenvalue weighted by Crippen LogP contribution is -2.41. The number of rotatable bonds is 4. The number of carbonyl (C=O) groups excluding carboxylic acids is 1. The first-order valence-electron chi connectivity index (χ1n) is 5.11. The average molecular weight is 264 g/mol. The molecule has 1 amide bonds. The van der Waals surface area contributed by atoms with E-state index in [1.165, 1.54) is 0 Å². The predicted molar refractivity (Wildman–Crippen MR) is 64.6 cm³/mol. The van der Waals surface area contributed by atoms with Gasteiger partial charge in [0.15, 0.2) is 0 Å². The van der Waals surface area contributed by atoms with Crippen molar-refractivity contribution < 1.29 is 4.79 Å². The zero-order chi connectivity index (χ0) is 11.4. The molecular weight excluding hydrogens is 242 g/mol. The van der Waals surface area contributed by atoms with Crippen LogP contribution in [0, 0.1) is 11.3 Å². The van der Waals surface area contributed by atoms with Crippen molar-refractivity contribution in [2.24, 2.45) is 11.3 Å². The lowest BCUT2D eigenvalue weighted by Gasteiger charge is -2.23. The summed E-state index contributed by atoms with van der Waals surface area (Å²) in [5.41, 5.74) is 0.0674. The molecule has 0 aliphatic rings. The van der Waals surface area contributed by atoms with E-state index in [1.807, 2.05) is 0 Å². The average Bonchev–Trinajstić information content (AvgIpc) is 1.96. The van der Waals surface area contributed by atoms with Gasteiger partial charge in [-0.3, -0.25) is 4.79 Å². The van der Waals surface area contributed by atoms with E-state index in [0.29, 0.717) is 12.3 Å². The lowest BCUT2D eigenvalue weighted by molar-refractivity contribution is -0.123. The van der Waals surface area contributed by atoms with E-state index in [2.05, 4.69) is 55.9 Å². The fourth-order valence-corrected chi connectivity index (χ4v) is 2.03. The Hall–Kier alpha value is -0.0500. The van der Waals surface area contributed by atoms with Gasteiger partial charge in [-0.2, -0.15) is 0 Å². The van der Waals surface area contributed by atoms with Gasteiger partial charge in [-0.05, 0) is 11.3 Å². The van der Waals surface area contributed by atoms with E-state index in [-0.39, 0.29) is 17.4 Å². The highest BCUT2D eigenvalue weighted by Gasteiger charge is 2.19. The molecule has 1 N–H and O–H groups in total. The summed E-state index contributed by atoms with van der Waals surface area (Å²) in [6.45, 7) is 10.5. The topological polar surface area (TPSA) is 29.1 Å². The molecule has 14 heavy (non-hydrogen) atoms. The van der Waals surface area contributed by atoms with Gasteiger partial charge in [0.2, 0.25) is 5.91 Å². The van der Waals surface area contributed by atoms with Crippen LogP contribution in [-0.2, 0) is 4.79 Å². The van der Waals surface area contributed by atoms with Crippen LogP contribution in [-0.4, -0.2) is 17.3 Å². The molecule has 0 saturated heterocycles. The van der Waals surface area contributed by atoms with Gasteiger partial charge >= 0.3 is 0 Å². The first kappa shape index (κ1) is 13.9. The van der Waals surface area contributed by atoms with E-state index in [9.17, 15) is 4.79 Å². The number of amides is 1. The Bertz CT molecular complexity index is 184. The van der Waals surface area contributed by atoms with Crippen LogP contribution in [0.3, 0.4) is 0 Å². The molecule has 0 radical (unpaired) electrons. The smallest absolute Gasteiger partial charge is 0.220 e. The molecule has 0 aliphatic heterocycles. The van der Waals surface area contributed by atoms with Crippen molar-refractivity contribution in [1.29, 1.82) is 0 Å². The van der Waals surface area contributed by atoms with Gasteiger partial charge in [-0.25, -0.2) is 0 Å². The number of nitrogens with one attached hydrogen (secondary N) is 1. The molecule has 0 aromatic rings. The quantitative estimate of drug-likeness (QED) is 0.777. The van der Waals surface area contributed by atoms with Crippen LogP contribution in [0.15, 0.2) is 0 Å². The second kappa shape index (κ2) is 5.74. The first-order valence-corrected chi connectivity index (χ1v) is 6.23. The minimum Gasteiger partial charge on any atom is -0.352 e. The molecule has 0 fully saturated rings. The number of alkyl halides is 1. The van der Waals surface area contributed by atoms with Crippen LogP contribution in [0.25, 0.3) is 0 Å². The highest BCUT2D eigenvalue weighted by Crippen LogP contribution is 2.18. The maximum atomic E-state index is 11.6. The van der Waals surface area contributed by atoms with Crippen molar-refractivity contribution in [3.05, 3.63) is 0 Å². The number of hydrogen-bond acceptors (Lipinski definition) is 1. The van der Waals surface area contributed by atoms with Crippen molar-refractivity contribution in [2.45, 2.75) is 47.1 Å². The third-order valence-electron chi connectivity index (χ3n) is 2.01. The molecule has 0 saturated carbocycles. The molecule has 1 unspecified atom stereocenters. The number of carbonyl (C=O) groups is 1. The highest BCUT2D eigenvalue weighted by atomic mass is 79.9. The summed E-state index contributed by atoms with van der Waals surface area (Å²) >= 11 is 3.41. The van der Waals surface area contributed by atoms with E-state index in [0.717, 1.165) is 5.33 Å². The maximum Gasteiger partial charge on any atom is 0.220 e. The van der Waals surface area contributed by atoms with Crippen LogP contribution < -0.4 is 5.32 Å². The minimum atomic E-state index is 0.0674. The predicted octanol–water partition coefficient (Wildman–Crippen LogP) is 2.96. The van der Waals surface area contributed by atoms with Crippen LogP contribution in [0.4, 0.5) is 0 Å². The van der Waals surface area contributed by atoms with E-state index in [1.54, 1.807) is 0 Å². The Kier molecular flexibility index (Phi) is 5.72. The third kappa shape index (κ3) is 6.41. The number of halogens is 1. The Morgan fingerprint density at radius 3 is 2.14 bits per heavy atom. The van der Waals surface area contributed by atoms with E-state index < -0.39 is 0 Å². The molecular formula is C11H22BrNO. The van der Waals surface area contributed by atoms with Crippen molar-refractivity contribution in [3.8, 4) is 0 Å². The highest BCUT2D eigenvalue weighted by molar-refractivity contribution is 9.09. The van der Waals surface area contributed by atoms with Crippen LogP contribution in [0.5, 0.6) is 0 Å². The summed E-state index contributed by atoms with van der Waals surface area (Å²) in [7, 11) is 0. The van der Waals surface area contributed by atoms with Crippen molar-refractivity contribution in [2.75, 3.05) is 5.33 Å². The molecule has 0 aromatic heterocycles. The standard InChI is InChI=1S/C11H22BrNO/c1-8(2)9(7-12)13-10(14)6-11(3,4)5/h8-9H,6-7H2,1-5H3,(H,13,14). The fourth-order valence-electron chi connectivity index (χ4n) is 1.12. The fraction of sp³-hybridized carbons (Fsp3) is 0.909. The second-order valence-corrected chi connectivity index (χ2v) is 5.96. The van der Waals surface area contributed by atoms with Crippen LogP contribution >= 0.6 is 15.9 Å². The summed E-state index contributed by atoms with van der Waals surface area (Å²) in [5.74, 6) is 0.619. The zero-order valence-corrected chi connectivity index (χ0v) is 11.4. The molecule has 0 aromatic carbocycles. The minimum absolute atomic E-state index is 0.0674. The Balaban J connectivity index is 4.04. The van der Waals surface area contributed by atoms with Crippen molar-refractivity contribution in [1.82, 2.24) is 5.32 Å². The lowest BCUT2D eigenvalue weighted by atomic mass is 9.91. The van der Waals surface area contributed by atoms with Gasteiger partial charge in [0, 0.05) is 17.8 Å². The van der Waals surface area contributed by atoms with Gasteiger partial charge in [-0.1, -0.05) is 50.5 Å². The SMILES string of the molecule is CC(C)C(CBr)NC(=O)CC(C)(C)C. The first-order chi connectivity index (χ1) is 6.26. The van der Waals surface area contributed by atoms with Gasteiger partial charge < -0.3 is 5.32 Å². The molecule has 1 atom stereocenters. The maximum absolute atomic E-state index is 11.6. The van der Waals surface area contributed by atoms with Gasteiger partial charge in [0.25, 0.3) is 0 Å². The molecule has 0 aliphatic carbocycles. The molecule has 0 spiro atoms. The molecule has 2 nitrogen and oxygen atoms in total. The monoisotopic (exact) mass is 263 g/mol. The summed E-state index contributed by atoms with van der Waals surface area (Å²) < 4.78 is 0. The van der Waals surface area contributed by atoms with Gasteiger partial charge in [0.1, 0.15) is 0 Å². The largest absolute Gasteiger partial charge is 0.352 e. The molecule has 84 valence electrons. The zero-order valence-electron chi connectivity index (χ0n) is 9.86. The van der Waals surface area contributed by atoms with E-state index in [4.69, 9.17) is 0 Å². The number of hydrogen-bond donors (Lipinski definition) is 1. The van der Waals surface area contributed by atoms with Crippen LogP contribution in [0.1, 0.15) is 41.0 Å². The molecule has 3 heteroatoms. The van der Waals surface area contributed by atoms with Gasteiger partial charge in [0.05, 0.1) is 0 Å². The summed E-state index contributed by atoms with van der Waals surface area (Å²) in [4.78, 5) is 11.6. The second-order valence-electron chi connectivity index (χ2n) is 5.31. The molecule has 0 bridgehead atoms. The summed E-state index contributed by atoms with van der Waals surface area (Å²) in [6.07, 6.45) is 0.587. The normalized spacial score (nSPS) is 14.2. The van der Waals surface area contributed by atoms with Crippen LogP contribution in [0.2, 0.25) is 0 Å². The van der Waals surface area contributed by atoms with Crippen molar-refractivity contribution >= 4 is 21.8 Å². The third-order valence-corrected chi connectivity index (χ3v) is 2.71. The molecule has 0 heterocycles. The summed E-state index contributed by atoms with van der Waals surface area (Å²) in [6, 6.07) is 0.241. The van der Waals surface area contributed by atoms with Gasteiger partial charge in [-0.15, -0.1) is 0 Å². The Morgan fingerprint density at radius 1 is 1.36 bits per heavy atom.